The van der Waals surface area contributed by atoms with Crippen LogP contribution in [0.5, 0.6) is 0 Å². The van der Waals surface area contributed by atoms with E-state index in [1.54, 1.807) is 4.68 Å². The summed E-state index contributed by atoms with van der Waals surface area (Å²) >= 11 is 0. The summed E-state index contributed by atoms with van der Waals surface area (Å²) in [6.45, 7) is 2.61. The number of hydrogen-bond acceptors (Lipinski definition) is 5. The Morgan fingerprint density at radius 1 is 1.22 bits per heavy atom. The van der Waals surface area contributed by atoms with Crippen LogP contribution in [0.1, 0.15) is 51.9 Å². The van der Waals surface area contributed by atoms with Crippen LogP contribution in [0.25, 0.3) is 11.4 Å². The summed E-state index contributed by atoms with van der Waals surface area (Å²) in [7, 11) is 0. The first-order chi connectivity index (χ1) is 13.0. The highest BCUT2D eigenvalue weighted by atomic mass is 16.4. The van der Waals surface area contributed by atoms with Gasteiger partial charge in [0, 0.05) is 24.2 Å². The number of carbonyl (C=O) groups is 2. The third kappa shape index (κ3) is 4.69. The van der Waals surface area contributed by atoms with Crippen molar-refractivity contribution in [2.24, 2.45) is 5.41 Å². The number of amides is 1. The minimum Gasteiger partial charge on any atom is -0.481 e. The number of aromatic nitrogens is 4. The maximum atomic E-state index is 12.6. The van der Waals surface area contributed by atoms with E-state index in [2.05, 4.69) is 20.8 Å². The number of carboxylic acid groups (broad SMARTS) is 1. The van der Waals surface area contributed by atoms with Crippen molar-refractivity contribution in [1.29, 1.82) is 0 Å². The first-order valence-electron chi connectivity index (χ1n) is 9.40. The molecule has 0 atom stereocenters. The van der Waals surface area contributed by atoms with Crippen LogP contribution in [-0.4, -0.2) is 37.2 Å². The molecule has 8 heteroatoms. The maximum Gasteiger partial charge on any atom is 0.303 e. The molecule has 0 saturated heterocycles. The van der Waals surface area contributed by atoms with Gasteiger partial charge in [0.05, 0.1) is 6.42 Å². The van der Waals surface area contributed by atoms with E-state index >= 15 is 0 Å². The third-order valence-corrected chi connectivity index (χ3v) is 5.21. The van der Waals surface area contributed by atoms with Gasteiger partial charge in [-0.25, -0.2) is 4.68 Å². The molecule has 0 spiro atoms. The molecule has 1 fully saturated rings. The minimum absolute atomic E-state index is 0.0474. The first-order valence-corrected chi connectivity index (χ1v) is 9.40. The third-order valence-electron chi connectivity index (χ3n) is 5.21. The molecule has 27 heavy (non-hydrogen) atoms. The molecule has 1 aliphatic carbocycles. The quantitative estimate of drug-likeness (QED) is 0.774. The second-order valence-electron chi connectivity index (χ2n) is 7.26. The van der Waals surface area contributed by atoms with Crippen LogP contribution in [0.15, 0.2) is 24.3 Å². The van der Waals surface area contributed by atoms with Gasteiger partial charge in [-0.3, -0.25) is 9.59 Å². The molecule has 0 radical (unpaired) electrons. The smallest absolute Gasteiger partial charge is 0.303 e. The summed E-state index contributed by atoms with van der Waals surface area (Å²) < 4.78 is 1.69. The van der Waals surface area contributed by atoms with Crippen LogP contribution in [0.3, 0.4) is 0 Å². The van der Waals surface area contributed by atoms with Gasteiger partial charge in [-0.2, -0.15) is 0 Å². The predicted molar refractivity (Wildman–Crippen MR) is 99.9 cm³/mol. The summed E-state index contributed by atoms with van der Waals surface area (Å²) in [5.41, 5.74) is 1.04. The Hall–Kier alpha value is -2.77. The van der Waals surface area contributed by atoms with Gasteiger partial charge in [-0.05, 0) is 47.7 Å². The number of carboxylic acids is 1. The Kier molecular flexibility index (Phi) is 5.83. The predicted octanol–water partition coefficient (Wildman–Crippen LogP) is 3.11. The number of tetrazole rings is 1. The molecule has 1 amide bonds. The fourth-order valence-electron chi connectivity index (χ4n) is 3.94. The topological polar surface area (TPSA) is 110 Å². The van der Waals surface area contributed by atoms with E-state index in [1.807, 2.05) is 31.2 Å². The number of nitrogens with zero attached hydrogens (tertiary/aromatic N) is 4. The number of anilines is 1. The van der Waals surface area contributed by atoms with E-state index in [4.69, 9.17) is 0 Å². The molecule has 0 unspecified atom stereocenters. The monoisotopic (exact) mass is 371 g/mol. The van der Waals surface area contributed by atoms with Crippen molar-refractivity contribution >= 4 is 17.6 Å². The zero-order chi connectivity index (χ0) is 19.3. The van der Waals surface area contributed by atoms with Crippen molar-refractivity contribution in [3.05, 3.63) is 24.3 Å². The van der Waals surface area contributed by atoms with Gasteiger partial charge < -0.3 is 10.4 Å². The average molecular weight is 371 g/mol. The maximum absolute atomic E-state index is 12.6. The molecule has 1 aromatic heterocycles. The van der Waals surface area contributed by atoms with E-state index < -0.39 is 11.4 Å². The lowest BCUT2D eigenvalue weighted by Crippen LogP contribution is -2.32. The molecular weight excluding hydrogens is 346 g/mol. The number of aryl methyl sites for hydroxylation is 1. The normalized spacial score (nSPS) is 16.0. The molecule has 1 heterocycles. The highest BCUT2D eigenvalue weighted by Crippen LogP contribution is 2.42. The standard InChI is InChI=1S/C19H25N5O3/c1-2-24-18(21-22-23-24)14-7-6-8-15(11-14)20-16(25)12-19(13-17(26)27)9-4-3-5-10-19/h6-8,11H,2-5,9-10,12-13H2,1H3,(H,20,25)(H,26,27). The Bertz CT molecular complexity index is 811. The number of nitrogens with one attached hydrogen (secondary N) is 1. The molecule has 2 N–H and O–H groups in total. The molecule has 1 aliphatic rings. The first kappa shape index (κ1) is 19.0. The summed E-state index contributed by atoms with van der Waals surface area (Å²) in [5, 5.41) is 23.9. The van der Waals surface area contributed by atoms with Crippen LogP contribution in [0, 0.1) is 5.41 Å². The van der Waals surface area contributed by atoms with Gasteiger partial charge in [-0.15, -0.1) is 5.10 Å². The molecule has 144 valence electrons. The highest BCUT2D eigenvalue weighted by Gasteiger charge is 2.36. The van der Waals surface area contributed by atoms with Crippen LogP contribution >= 0.6 is 0 Å². The highest BCUT2D eigenvalue weighted by molar-refractivity contribution is 5.92. The number of aliphatic carboxylic acids is 1. The van der Waals surface area contributed by atoms with Gasteiger partial charge in [0.2, 0.25) is 5.91 Å². The lowest BCUT2D eigenvalue weighted by Gasteiger charge is -2.35. The Labute approximate surface area is 158 Å². The van der Waals surface area contributed by atoms with Gasteiger partial charge in [-0.1, -0.05) is 31.4 Å². The molecule has 0 bridgehead atoms. The SMILES string of the molecule is CCn1nnnc1-c1cccc(NC(=O)CC2(CC(=O)O)CCCCC2)c1. The Balaban J connectivity index is 1.72. The lowest BCUT2D eigenvalue weighted by molar-refractivity contribution is -0.140. The minimum atomic E-state index is -0.835. The number of hydrogen-bond donors (Lipinski definition) is 2. The van der Waals surface area contributed by atoms with Crippen LogP contribution in [-0.2, 0) is 16.1 Å². The van der Waals surface area contributed by atoms with Gasteiger partial charge >= 0.3 is 5.97 Å². The van der Waals surface area contributed by atoms with E-state index in [-0.39, 0.29) is 18.7 Å². The van der Waals surface area contributed by atoms with Crippen molar-refractivity contribution in [3.63, 3.8) is 0 Å². The van der Waals surface area contributed by atoms with Gasteiger partial charge in [0.15, 0.2) is 5.82 Å². The number of benzene rings is 1. The average Bonchev–Trinajstić information content (AvgIpc) is 3.10. The summed E-state index contributed by atoms with van der Waals surface area (Å²) in [5.74, 6) is -0.341. The lowest BCUT2D eigenvalue weighted by atomic mass is 9.69. The molecule has 1 saturated carbocycles. The zero-order valence-corrected chi connectivity index (χ0v) is 15.5. The molecule has 2 aromatic rings. The van der Waals surface area contributed by atoms with E-state index in [0.29, 0.717) is 18.1 Å². The Morgan fingerprint density at radius 3 is 2.70 bits per heavy atom. The van der Waals surface area contributed by atoms with Crippen LogP contribution in [0.2, 0.25) is 0 Å². The second kappa shape index (κ2) is 8.28. The summed E-state index contributed by atoms with van der Waals surface area (Å²) in [6.07, 6.45) is 4.93. The van der Waals surface area contributed by atoms with Crippen molar-refractivity contribution in [1.82, 2.24) is 20.2 Å². The summed E-state index contributed by atoms with van der Waals surface area (Å²) in [6, 6.07) is 7.38. The summed E-state index contributed by atoms with van der Waals surface area (Å²) in [4.78, 5) is 23.9. The van der Waals surface area contributed by atoms with Crippen LogP contribution in [0.4, 0.5) is 5.69 Å². The number of rotatable bonds is 7. The fraction of sp³-hybridized carbons (Fsp3) is 0.526. The van der Waals surface area contributed by atoms with Crippen molar-refractivity contribution in [2.45, 2.75) is 58.4 Å². The van der Waals surface area contributed by atoms with E-state index in [1.165, 1.54) is 0 Å². The van der Waals surface area contributed by atoms with Crippen molar-refractivity contribution < 1.29 is 14.7 Å². The Morgan fingerprint density at radius 2 is 2.00 bits per heavy atom. The molecular formula is C19H25N5O3. The number of carbonyl (C=O) groups excluding carboxylic acids is 1. The second-order valence-corrected chi connectivity index (χ2v) is 7.26. The largest absolute Gasteiger partial charge is 0.481 e. The molecule has 0 aliphatic heterocycles. The van der Waals surface area contributed by atoms with Crippen molar-refractivity contribution in [3.8, 4) is 11.4 Å². The van der Waals surface area contributed by atoms with Crippen molar-refractivity contribution in [2.75, 3.05) is 5.32 Å². The van der Waals surface area contributed by atoms with E-state index in [0.717, 1.165) is 37.7 Å². The molecule has 8 nitrogen and oxygen atoms in total. The zero-order valence-electron chi connectivity index (χ0n) is 15.5. The molecule has 1 aromatic carbocycles. The van der Waals surface area contributed by atoms with Gasteiger partial charge in [0.25, 0.3) is 0 Å². The van der Waals surface area contributed by atoms with Crippen LogP contribution < -0.4 is 5.32 Å². The van der Waals surface area contributed by atoms with Gasteiger partial charge in [0.1, 0.15) is 0 Å². The van der Waals surface area contributed by atoms with E-state index in [9.17, 15) is 14.7 Å². The molecule has 3 rings (SSSR count). The fourth-order valence-corrected chi connectivity index (χ4v) is 3.94.